The summed E-state index contributed by atoms with van der Waals surface area (Å²) < 4.78 is 26.0. The number of benzene rings is 3. The second-order valence-electron chi connectivity index (χ2n) is 5.82. The van der Waals surface area contributed by atoms with Gasteiger partial charge in [-0.25, -0.2) is 8.42 Å². The lowest BCUT2D eigenvalue weighted by atomic mass is 10.2. The molecular weight excluding hydrogens is 352 g/mol. The Balaban J connectivity index is 1.94. The topological polar surface area (TPSA) is 54.4 Å². The molecule has 3 aromatic carbocycles. The van der Waals surface area contributed by atoms with Crippen LogP contribution in [0.3, 0.4) is 0 Å². The highest BCUT2D eigenvalue weighted by molar-refractivity contribution is 8.00. The third-order valence-electron chi connectivity index (χ3n) is 4.28. The summed E-state index contributed by atoms with van der Waals surface area (Å²) >= 11 is 0. The largest absolute Gasteiger partial charge is 0.396 e. The lowest BCUT2D eigenvalue weighted by molar-refractivity contribution is 0.299. The van der Waals surface area contributed by atoms with Gasteiger partial charge in [-0.2, -0.15) is 0 Å². The number of hydrogen-bond donors (Lipinski definition) is 1. The van der Waals surface area contributed by atoms with E-state index in [1.54, 1.807) is 24.3 Å². The summed E-state index contributed by atoms with van der Waals surface area (Å²) in [6.45, 7) is 0.120. The number of hydrogen-bond acceptors (Lipinski definition) is 3. The van der Waals surface area contributed by atoms with Crippen molar-refractivity contribution in [2.24, 2.45) is 0 Å². The van der Waals surface area contributed by atoms with Gasteiger partial charge in [-0.1, -0.05) is 36.4 Å². The van der Waals surface area contributed by atoms with Crippen molar-refractivity contribution >= 4 is 20.7 Å². The number of rotatable bonds is 3. The fourth-order valence-corrected chi connectivity index (χ4v) is 7.79. The Bertz CT molecular complexity index is 971. The van der Waals surface area contributed by atoms with Crippen molar-refractivity contribution < 1.29 is 13.5 Å². The van der Waals surface area contributed by atoms with E-state index in [1.807, 2.05) is 48.5 Å². The zero-order chi connectivity index (χ0) is 17.4. The SMILES string of the molecule is O=S1(=O)c2ccccc2[S+](c2ccc(CCO)cc2)c2ccccc21. The van der Waals surface area contributed by atoms with E-state index in [0.717, 1.165) is 20.2 Å². The molecule has 1 aliphatic heterocycles. The molecular formula is C20H17O3S2+. The van der Waals surface area contributed by atoms with Crippen LogP contribution in [0.25, 0.3) is 0 Å². The predicted octanol–water partition coefficient (Wildman–Crippen LogP) is 3.46. The fraction of sp³-hybridized carbons (Fsp3) is 0.100. The van der Waals surface area contributed by atoms with Crippen LogP contribution in [0.5, 0.6) is 0 Å². The highest BCUT2D eigenvalue weighted by Crippen LogP contribution is 2.44. The van der Waals surface area contributed by atoms with Crippen LogP contribution in [0.15, 0.2) is 97.3 Å². The minimum absolute atomic E-state index is 0.120. The first-order valence-electron chi connectivity index (χ1n) is 8.00. The third-order valence-corrected chi connectivity index (χ3v) is 8.74. The molecule has 0 spiro atoms. The normalized spacial score (nSPS) is 15.4. The number of sulfone groups is 1. The Morgan fingerprint density at radius 2 is 1.28 bits per heavy atom. The summed E-state index contributed by atoms with van der Waals surface area (Å²) in [5, 5.41) is 9.09. The Kier molecular flexibility index (Phi) is 4.15. The molecule has 0 amide bonds. The molecule has 25 heavy (non-hydrogen) atoms. The average Bonchev–Trinajstić information content (AvgIpc) is 2.64. The van der Waals surface area contributed by atoms with Crippen molar-refractivity contribution in [3.05, 3.63) is 78.4 Å². The van der Waals surface area contributed by atoms with Crippen molar-refractivity contribution in [1.29, 1.82) is 0 Å². The molecule has 0 atom stereocenters. The minimum Gasteiger partial charge on any atom is -0.396 e. The predicted molar refractivity (Wildman–Crippen MR) is 97.7 cm³/mol. The summed E-state index contributed by atoms with van der Waals surface area (Å²) in [6.07, 6.45) is 0.621. The zero-order valence-corrected chi connectivity index (χ0v) is 15.1. The van der Waals surface area contributed by atoms with Crippen LogP contribution in [0.2, 0.25) is 0 Å². The van der Waals surface area contributed by atoms with Gasteiger partial charge in [0.2, 0.25) is 9.84 Å². The van der Waals surface area contributed by atoms with Gasteiger partial charge in [0.15, 0.2) is 14.7 Å². The van der Waals surface area contributed by atoms with Crippen LogP contribution in [0, 0.1) is 0 Å². The van der Waals surface area contributed by atoms with Crippen molar-refractivity contribution in [2.75, 3.05) is 6.61 Å². The van der Waals surface area contributed by atoms with Gasteiger partial charge in [0.05, 0.1) is 0 Å². The molecule has 0 aliphatic carbocycles. The molecule has 5 heteroatoms. The number of fused-ring (bicyclic) bond motifs is 2. The summed E-state index contributed by atoms with van der Waals surface area (Å²) in [5.74, 6) is 0. The zero-order valence-electron chi connectivity index (χ0n) is 13.4. The van der Waals surface area contributed by atoms with Crippen molar-refractivity contribution in [3.8, 4) is 0 Å². The molecule has 0 radical (unpaired) electrons. The van der Waals surface area contributed by atoms with Crippen LogP contribution in [-0.2, 0) is 27.2 Å². The standard InChI is InChI=1S/C20H17O3S2/c21-14-13-15-9-11-16(12-10-15)24-17-5-1-3-7-19(17)25(22,23)20-8-4-2-6-18(20)24/h1-12,21H,13-14H2/q+1. The van der Waals surface area contributed by atoms with E-state index < -0.39 is 20.7 Å². The van der Waals surface area contributed by atoms with Gasteiger partial charge in [-0.05, 0) is 48.4 Å². The Hall–Kier alpha value is -2.08. The molecule has 0 fully saturated rings. The van der Waals surface area contributed by atoms with Crippen LogP contribution in [0.1, 0.15) is 5.56 Å². The Labute approximate surface area is 150 Å². The maximum absolute atomic E-state index is 13.0. The first-order valence-corrected chi connectivity index (χ1v) is 10.7. The quantitative estimate of drug-likeness (QED) is 0.563. The highest BCUT2D eigenvalue weighted by atomic mass is 32.2. The maximum atomic E-state index is 13.0. The van der Waals surface area contributed by atoms with Crippen molar-refractivity contribution in [1.82, 2.24) is 0 Å². The van der Waals surface area contributed by atoms with E-state index >= 15 is 0 Å². The minimum atomic E-state index is -3.49. The van der Waals surface area contributed by atoms with Crippen LogP contribution < -0.4 is 0 Å². The Morgan fingerprint density at radius 3 is 1.80 bits per heavy atom. The molecule has 0 saturated carbocycles. The maximum Gasteiger partial charge on any atom is 0.216 e. The van der Waals surface area contributed by atoms with E-state index in [9.17, 15) is 8.42 Å². The first kappa shape index (κ1) is 16.4. The van der Waals surface area contributed by atoms with Crippen molar-refractivity contribution in [3.63, 3.8) is 0 Å². The smallest absolute Gasteiger partial charge is 0.216 e. The molecule has 0 unspecified atom stereocenters. The fourth-order valence-electron chi connectivity index (χ4n) is 3.09. The van der Waals surface area contributed by atoms with Gasteiger partial charge in [0.1, 0.15) is 20.7 Å². The molecule has 1 aliphatic rings. The van der Waals surface area contributed by atoms with E-state index in [2.05, 4.69) is 0 Å². The second-order valence-corrected chi connectivity index (χ2v) is 9.67. The molecule has 3 nitrogen and oxygen atoms in total. The van der Waals surface area contributed by atoms with Gasteiger partial charge in [-0.3, -0.25) is 0 Å². The number of aliphatic hydroxyl groups excluding tert-OH is 1. The van der Waals surface area contributed by atoms with Gasteiger partial charge in [-0.15, -0.1) is 0 Å². The monoisotopic (exact) mass is 369 g/mol. The lowest BCUT2D eigenvalue weighted by Gasteiger charge is -2.19. The lowest BCUT2D eigenvalue weighted by Crippen LogP contribution is -2.20. The number of aliphatic hydroxyl groups is 1. The van der Waals surface area contributed by atoms with Crippen LogP contribution in [0.4, 0.5) is 0 Å². The van der Waals surface area contributed by atoms with E-state index in [0.29, 0.717) is 16.2 Å². The highest BCUT2D eigenvalue weighted by Gasteiger charge is 2.44. The summed E-state index contributed by atoms with van der Waals surface area (Å²) in [7, 11) is -3.94. The molecule has 3 aromatic rings. The molecule has 0 bridgehead atoms. The van der Waals surface area contributed by atoms with E-state index in [4.69, 9.17) is 5.11 Å². The molecule has 0 aromatic heterocycles. The van der Waals surface area contributed by atoms with Gasteiger partial charge in [0.25, 0.3) is 0 Å². The van der Waals surface area contributed by atoms with E-state index in [-0.39, 0.29) is 6.61 Å². The van der Waals surface area contributed by atoms with Crippen LogP contribution >= 0.6 is 0 Å². The van der Waals surface area contributed by atoms with Gasteiger partial charge >= 0.3 is 0 Å². The molecule has 126 valence electrons. The van der Waals surface area contributed by atoms with Crippen molar-refractivity contribution in [2.45, 2.75) is 30.9 Å². The third kappa shape index (κ3) is 2.68. The van der Waals surface area contributed by atoms with Gasteiger partial charge in [0, 0.05) is 6.61 Å². The summed E-state index contributed by atoms with van der Waals surface area (Å²) in [6, 6.07) is 22.6. The molecule has 4 rings (SSSR count). The summed E-state index contributed by atoms with van der Waals surface area (Å²) in [4.78, 5) is 3.57. The molecule has 1 N–H and O–H groups in total. The first-order chi connectivity index (χ1) is 12.1. The molecule has 0 saturated heterocycles. The second kappa shape index (κ2) is 6.33. The van der Waals surface area contributed by atoms with Crippen LogP contribution in [-0.4, -0.2) is 20.1 Å². The Morgan fingerprint density at radius 1 is 0.760 bits per heavy atom. The van der Waals surface area contributed by atoms with E-state index in [1.165, 1.54) is 0 Å². The molecule has 1 heterocycles. The van der Waals surface area contributed by atoms with Gasteiger partial charge < -0.3 is 5.11 Å². The average molecular weight is 369 g/mol. The summed E-state index contributed by atoms with van der Waals surface area (Å²) in [5.41, 5.74) is 1.07.